The van der Waals surface area contributed by atoms with Crippen LogP contribution in [0.2, 0.25) is 0 Å². The molecule has 1 rings (SSSR count). The molecule has 0 bridgehead atoms. The molecule has 1 aromatic rings. The molecule has 16 heavy (non-hydrogen) atoms. The fraction of sp³-hybridized carbons (Fsp3) is 0.308. The second kappa shape index (κ2) is 6.08. The van der Waals surface area contributed by atoms with Crippen molar-refractivity contribution in [2.24, 2.45) is 0 Å². The van der Waals surface area contributed by atoms with Crippen LogP contribution in [0.15, 0.2) is 30.3 Å². The Morgan fingerprint density at radius 2 is 2.19 bits per heavy atom. The molecule has 0 saturated carbocycles. The van der Waals surface area contributed by atoms with Gasteiger partial charge < -0.3 is 10.2 Å². The third-order valence-corrected chi connectivity index (χ3v) is 1.99. The Bertz CT molecular complexity index is 383. The van der Waals surface area contributed by atoms with Crippen molar-refractivity contribution >= 4 is 17.7 Å². The van der Waals surface area contributed by atoms with Gasteiger partial charge in [-0.1, -0.05) is 24.3 Å². The summed E-state index contributed by atoms with van der Waals surface area (Å²) in [4.78, 5) is 13.0. The van der Waals surface area contributed by atoms with Gasteiger partial charge in [-0.3, -0.25) is 4.79 Å². The number of nitrogens with zero attached hydrogens (tertiary/aromatic N) is 1. The molecule has 0 heterocycles. The maximum Gasteiger partial charge on any atom is 0.221 e. The van der Waals surface area contributed by atoms with Gasteiger partial charge in [0.05, 0.1) is 0 Å². The molecular formula is C13H18N2O. The van der Waals surface area contributed by atoms with Crippen LogP contribution in [0, 0.1) is 0 Å². The third kappa shape index (κ3) is 4.75. The van der Waals surface area contributed by atoms with Crippen LogP contribution >= 0.6 is 0 Å². The van der Waals surface area contributed by atoms with Gasteiger partial charge in [0.15, 0.2) is 0 Å². The van der Waals surface area contributed by atoms with Gasteiger partial charge in [0.25, 0.3) is 0 Å². The summed E-state index contributed by atoms with van der Waals surface area (Å²) in [6, 6.07) is 7.77. The van der Waals surface area contributed by atoms with Gasteiger partial charge in [-0.25, -0.2) is 0 Å². The van der Waals surface area contributed by atoms with E-state index in [0.717, 1.165) is 17.8 Å². The Hall–Kier alpha value is -1.61. The molecule has 0 radical (unpaired) electrons. The molecule has 0 atom stereocenters. The summed E-state index contributed by atoms with van der Waals surface area (Å²) < 4.78 is 0. The first-order valence-electron chi connectivity index (χ1n) is 5.27. The highest BCUT2D eigenvalue weighted by Gasteiger charge is 1.95. The number of amides is 1. The molecular weight excluding hydrogens is 200 g/mol. The van der Waals surface area contributed by atoms with Gasteiger partial charge >= 0.3 is 0 Å². The molecule has 0 aliphatic rings. The van der Waals surface area contributed by atoms with Crippen LogP contribution in [0.25, 0.3) is 6.08 Å². The largest absolute Gasteiger partial charge is 0.326 e. The zero-order valence-electron chi connectivity index (χ0n) is 10.0. The zero-order chi connectivity index (χ0) is 12.0. The van der Waals surface area contributed by atoms with E-state index in [1.165, 1.54) is 6.92 Å². The normalized spacial score (nSPS) is 11.0. The molecule has 0 aliphatic heterocycles. The number of benzene rings is 1. The van der Waals surface area contributed by atoms with Gasteiger partial charge in [0, 0.05) is 19.2 Å². The Balaban J connectivity index is 2.67. The lowest BCUT2D eigenvalue weighted by Crippen LogP contribution is -2.10. The van der Waals surface area contributed by atoms with Gasteiger partial charge in [-0.05, 0) is 31.8 Å². The number of carbonyl (C=O) groups excluding carboxylic acids is 1. The van der Waals surface area contributed by atoms with Gasteiger partial charge in [-0.2, -0.15) is 0 Å². The summed E-state index contributed by atoms with van der Waals surface area (Å²) in [7, 11) is 4.05. The number of hydrogen-bond donors (Lipinski definition) is 1. The molecule has 3 nitrogen and oxygen atoms in total. The number of carbonyl (C=O) groups is 1. The van der Waals surface area contributed by atoms with Crippen molar-refractivity contribution in [1.29, 1.82) is 0 Å². The summed E-state index contributed by atoms with van der Waals surface area (Å²) in [6.45, 7) is 2.42. The van der Waals surface area contributed by atoms with Crippen LogP contribution in [-0.4, -0.2) is 31.4 Å². The molecule has 3 heteroatoms. The maximum atomic E-state index is 10.9. The lowest BCUT2D eigenvalue weighted by Gasteiger charge is -2.05. The first kappa shape index (κ1) is 12.5. The van der Waals surface area contributed by atoms with Crippen LogP contribution in [-0.2, 0) is 4.79 Å². The monoisotopic (exact) mass is 218 g/mol. The summed E-state index contributed by atoms with van der Waals surface area (Å²) in [5, 5.41) is 2.76. The van der Waals surface area contributed by atoms with E-state index < -0.39 is 0 Å². The van der Waals surface area contributed by atoms with Crippen molar-refractivity contribution in [1.82, 2.24) is 4.90 Å². The van der Waals surface area contributed by atoms with E-state index in [1.807, 2.05) is 44.4 Å². The fourth-order valence-electron chi connectivity index (χ4n) is 1.32. The SMILES string of the molecule is CC(=O)Nc1cccc(/C=C/CN(C)C)c1. The Kier molecular flexibility index (Phi) is 4.73. The minimum absolute atomic E-state index is 0.0468. The van der Waals surface area contributed by atoms with Crippen molar-refractivity contribution in [2.45, 2.75) is 6.92 Å². The van der Waals surface area contributed by atoms with Crippen molar-refractivity contribution in [3.63, 3.8) is 0 Å². The first-order valence-corrected chi connectivity index (χ1v) is 5.27. The van der Waals surface area contributed by atoms with Crippen molar-refractivity contribution in [3.8, 4) is 0 Å². The second-order valence-electron chi connectivity index (χ2n) is 3.97. The van der Waals surface area contributed by atoms with Crippen molar-refractivity contribution in [2.75, 3.05) is 26.0 Å². The fourth-order valence-corrected chi connectivity index (χ4v) is 1.32. The van der Waals surface area contributed by atoms with Crippen LogP contribution in [0.4, 0.5) is 5.69 Å². The number of nitrogens with one attached hydrogen (secondary N) is 1. The first-order chi connectivity index (χ1) is 7.58. The minimum atomic E-state index is -0.0468. The predicted octanol–water partition coefficient (Wildman–Crippen LogP) is 2.22. The summed E-state index contributed by atoms with van der Waals surface area (Å²) >= 11 is 0. The second-order valence-corrected chi connectivity index (χ2v) is 3.97. The van der Waals surface area contributed by atoms with Crippen LogP contribution < -0.4 is 5.32 Å². The number of rotatable bonds is 4. The molecule has 0 aliphatic carbocycles. The molecule has 0 unspecified atom stereocenters. The van der Waals surface area contributed by atoms with Crippen molar-refractivity contribution < 1.29 is 4.79 Å². The van der Waals surface area contributed by atoms with E-state index in [0.29, 0.717) is 0 Å². The van der Waals surface area contributed by atoms with Crippen LogP contribution in [0.5, 0.6) is 0 Å². The van der Waals surface area contributed by atoms with E-state index >= 15 is 0 Å². The van der Waals surface area contributed by atoms with Crippen LogP contribution in [0.1, 0.15) is 12.5 Å². The molecule has 0 saturated heterocycles. The minimum Gasteiger partial charge on any atom is -0.326 e. The third-order valence-electron chi connectivity index (χ3n) is 1.99. The summed E-state index contributed by atoms with van der Waals surface area (Å²) in [5.41, 5.74) is 1.92. The smallest absolute Gasteiger partial charge is 0.221 e. The highest BCUT2D eigenvalue weighted by Crippen LogP contribution is 2.11. The van der Waals surface area contributed by atoms with Crippen molar-refractivity contribution in [3.05, 3.63) is 35.9 Å². The van der Waals surface area contributed by atoms with E-state index in [2.05, 4.69) is 16.3 Å². The van der Waals surface area contributed by atoms with E-state index in [4.69, 9.17) is 0 Å². The molecule has 1 N–H and O–H groups in total. The van der Waals surface area contributed by atoms with E-state index in [9.17, 15) is 4.79 Å². The number of hydrogen-bond acceptors (Lipinski definition) is 2. The zero-order valence-corrected chi connectivity index (χ0v) is 10.0. The standard InChI is InChI=1S/C13H18N2O/c1-11(16)14-13-8-4-6-12(10-13)7-5-9-15(2)3/h4-8,10H,9H2,1-3H3,(H,14,16)/b7-5+. The lowest BCUT2D eigenvalue weighted by atomic mass is 10.2. The quantitative estimate of drug-likeness (QED) is 0.840. The topological polar surface area (TPSA) is 32.3 Å². The summed E-state index contributed by atoms with van der Waals surface area (Å²) in [6.07, 6.45) is 4.14. The highest BCUT2D eigenvalue weighted by molar-refractivity contribution is 5.88. The molecule has 1 aromatic carbocycles. The average molecular weight is 218 g/mol. The highest BCUT2D eigenvalue weighted by atomic mass is 16.1. The Morgan fingerprint density at radius 1 is 1.44 bits per heavy atom. The van der Waals surface area contributed by atoms with Crippen LogP contribution in [0.3, 0.4) is 0 Å². The molecule has 0 fully saturated rings. The Labute approximate surface area is 96.8 Å². The predicted molar refractivity (Wildman–Crippen MR) is 68.3 cm³/mol. The Morgan fingerprint density at radius 3 is 2.81 bits per heavy atom. The lowest BCUT2D eigenvalue weighted by molar-refractivity contribution is -0.114. The number of anilines is 1. The van der Waals surface area contributed by atoms with E-state index in [-0.39, 0.29) is 5.91 Å². The average Bonchev–Trinajstić information content (AvgIpc) is 2.16. The van der Waals surface area contributed by atoms with Gasteiger partial charge in [0.1, 0.15) is 0 Å². The molecule has 0 aromatic heterocycles. The molecule has 1 amide bonds. The molecule has 0 spiro atoms. The molecule has 86 valence electrons. The maximum absolute atomic E-state index is 10.9. The summed E-state index contributed by atoms with van der Waals surface area (Å²) in [5.74, 6) is -0.0468. The number of likely N-dealkylation sites (N-methyl/N-ethyl adjacent to an activating group) is 1. The van der Waals surface area contributed by atoms with E-state index in [1.54, 1.807) is 0 Å². The van der Waals surface area contributed by atoms with Gasteiger partial charge in [-0.15, -0.1) is 0 Å². The van der Waals surface area contributed by atoms with Gasteiger partial charge in [0.2, 0.25) is 5.91 Å².